The van der Waals surface area contributed by atoms with Crippen LogP contribution in [0.5, 0.6) is 5.75 Å². The Balaban J connectivity index is 2.05. The summed E-state index contributed by atoms with van der Waals surface area (Å²) in [4.78, 5) is 0. The molecular weight excluding hydrogens is 393 g/mol. The van der Waals surface area contributed by atoms with Crippen molar-refractivity contribution in [2.24, 2.45) is 0 Å². The fraction of sp³-hybridized carbons (Fsp3) is 0.263. The van der Waals surface area contributed by atoms with Crippen LogP contribution in [-0.2, 0) is 12.1 Å². The molecule has 0 spiro atoms. The highest BCUT2D eigenvalue weighted by Crippen LogP contribution is 2.34. The molecule has 0 aliphatic rings. The molecule has 0 atom stereocenters. The normalized spacial score (nSPS) is 11.7. The number of ether oxygens (including phenoxy) is 1. The van der Waals surface area contributed by atoms with Gasteiger partial charge in [-0.1, -0.05) is 11.6 Å². The van der Waals surface area contributed by atoms with Gasteiger partial charge in [-0.05, 0) is 39.0 Å². The Morgan fingerprint density at radius 3 is 2.32 bits per heavy atom. The summed E-state index contributed by atoms with van der Waals surface area (Å²) < 4.78 is 48.5. The molecule has 9 heteroatoms. The van der Waals surface area contributed by atoms with Gasteiger partial charge in [0.05, 0.1) is 5.02 Å². The SMILES string of the molecule is CCn1c(-c2ccc(N)cc2Cl)nnc1C(C)(C)Oc1c(F)cc(F)cc1F. The van der Waals surface area contributed by atoms with Gasteiger partial charge < -0.3 is 15.0 Å². The lowest BCUT2D eigenvalue weighted by Gasteiger charge is -2.26. The number of hydrogen-bond donors (Lipinski definition) is 1. The summed E-state index contributed by atoms with van der Waals surface area (Å²) in [5, 5.41) is 8.72. The van der Waals surface area contributed by atoms with Crippen LogP contribution in [0.15, 0.2) is 30.3 Å². The van der Waals surface area contributed by atoms with Crippen molar-refractivity contribution < 1.29 is 17.9 Å². The van der Waals surface area contributed by atoms with Gasteiger partial charge in [0, 0.05) is 29.9 Å². The summed E-state index contributed by atoms with van der Waals surface area (Å²) in [5.41, 5.74) is 5.56. The molecule has 0 amide bonds. The summed E-state index contributed by atoms with van der Waals surface area (Å²) in [5.74, 6) is -3.23. The number of aromatic nitrogens is 3. The lowest BCUT2D eigenvalue weighted by molar-refractivity contribution is 0.0824. The van der Waals surface area contributed by atoms with Crippen LogP contribution in [0.1, 0.15) is 26.6 Å². The van der Waals surface area contributed by atoms with E-state index in [1.165, 1.54) is 0 Å². The number of halogens is 4. The molecule has 0 aliphatic heterocycles. The molecule has 148 valence electrons. The fourth-order valence-electron chi connectivity index (χ4n) is 2.89. The molecule has 0 saturated heterocycles. The van der Waals surface area contributed by atoms with Gasteiger partial charge in [0.1, 0.15) is 5.82 Å². The Labute approximate surface area is 164 Å². The van der Waals surface area contributed by atoms with Crippen molar-refractivity contribution in [1.29, 1.82) is 0 Å². The summed E-state index contributed by atoms with van der Waals surface area (Å²) >= 11 is 6.28. The fourth-order valence-corrected chi connectivity index (χ4v) is 3.16. The average molecular weight is 411 g/mol. The van der Waals surface area contributed by atoms with Crippen LogP contribution in [0.3, 0.4) is 0 Å². The molecule has 0 fully saturated rings. The van der Waals surface area contributed by atoms with Crippen molar-refractivity contribution in [3.05, 3.63) is 58.6 Å². The van der Waals surface area contributed by atoms with Gasteiger partial charge >= 0.3 is 0 Å². The molecule has 0 unspecified atom stereocenters. The summed E-state index contributed by atoms with van der Waals surface area (Å²) in [6.07, 6.45) is 0. The maximum atomic E-state index is 14.0. The molecule has 0 aliphatic carbocycles. The molecule has 3 aromatic rings. The smallest absolute Gasteiger partial charge is 0.192 e. The van der Waals surface area contributed by atoms with E-state index in [2.05, 4.69) is 10.2 Å². The first-order chi connectivity index (χ1) is 13.1. The van der Waals surface area contributed by atoms with Gasteiger partial charge in [0.25, 0.3) is 0 Å². The molecule has 3 rings (SSSR count). The second kappa shape index (κ2) is 7.35. The topological polar surface area (TPSA) is 66.0 Å². The van der Waals surface area contributed by atoms with E-state index in [9.17, 15) is 13.2 Å². The van der Waals surface area contributed by atoms with Crippen LogP contribution in [0.4, 0.5) is 18.9 Å². The van der Waals surface area contributed by atoms with Crippen molar-refractivity contribution in [3.8, 4) is 17.1 Å². The predicted molar refractivity (Wildman–Crippen MR) is 101 cm³/mol. The molecule has 0 radical (unpaired) electrons. The van der Waals surface area contributed by atoms with E-state index in [0.717, 1.165) is 0 Å². The van der Waals surface area contributed by atoms with Gasteiger partial charge in [-0.25, -0.2) is 13.2 Å². The van der Waals surface area contributed by atoms with Crippen LogP contribution in [0, 0.1) is 17.5 Å². The Kier molecular flexibility index (Phi) is 5.25. The summed E-state index contributed by atoms with van der Waals surface area (Å²) in [6, 6.07) is 6.10. The standard InChI is InChI=1S/C19H18ClF3N4O/c1-4-27-17(12-6-5-11(24)9-13(12)20)25-26-18(27)19(2,3)28-16-14(22)7-10(21)8-15(16)23/h5-9H,4,24H2,1-3H3. The summed E-state index contributed by atoms with van der Waals surface area (Å²) in [7, 11) is 0. The zero-order valence-electron chi connectivity index (χ0n) is 15.4. The second-order valence-electron chi connectivity index (χ2n) is 6.64. The number of anilines is 1. The number of nitrogen functional groups attached to an aromatic ring is 1. The number of benzene rings is 2. The third-order valence-corrected chi connectivity index (χ3v) is 4.47. The first-order valence-electron chi connectivity index (χ1n) is 8.46. The minimum Gasteiger partial charge on any atom is -0.474 e. The molecule has 2 aromatic carbocycles. The lowest BCUT2D eigenvalue weighted by Crippen LogP contribution is -2.30. The second-order valence-corrected chi connectivity index (χ2v) is 7.05. The van der Waals surface area contributed by atoms with E-state index in [-0.39, 0.29) is 0 Å². The van der Waals surface area contributed by atoms with Crippen molar-refractivity contribution in [3.63, 3.8) is 0 Å². The minimum atomic E-state index is -1.28. The number of nitrogens with two attached hydrogens (primary N) is 1. The van der Waals surface area contributed by atoms with Gasteiger partial charge in [0.15, 0.2) is 34.6 Å². The zero-order valence-corrected chi connectivity index (χ0v) is 16.2. The van der Waals surface area contributed by atoms with Crippen LogP contribution >= 0.6 is 11.6 Å². The molecule has 28 heavy (non-hydrogen) atoms. The van der Waals surface area contributed by atoms with E-state index in [4.69, 9.17) is 22.1 Å². The maximum Gasteiger partial charge on any atom is 0.192 e. The molecule has 2 N–H and O–H groups in total. The van der Waals surface area contributed by atoms with Crippen molar-refractivity contribution in [2.45, 2.75) is 32.9 Å². The van der Waals surface area contributed by atoms with E-state index in [0.29, 0.717) is 46.6 Å². The van der Waals surface area contributed by atoms with Crippen LogP contribution in [-0.4, -0.2) is 14.8 Å². The van der Waals surface area contributed by atoms with Crippen molar-refractivity contribution in [1.82, 2.24) is 14.8 Å². The highest BCUT2D eigenvalue weighted by Gasteiger charge is 2.33. The molecule has 5 nitrogen and oxygen atoms in total. The molecular formula is C19H18ClF3N4O. The van der Waals surface area contributed by atoms with E-state index in [1.54, 1.807) is 36.6 Å². The van der Waals surface area contributed by atoms with Crippen LogP contribution < -0.4 is 10.5 Å². The minimum absolute atomic E-state index is 0.320. The Morgan fingerprint density at radius 2 is 1.75 bits per heavy atom. The molecule has 0 bridgehead atoms. The first kappa shape index (κ1) is 20.0. The van der Waals surface area contributed by atoms with Crippen LogP contribution in [0.2, 0.25) is 5.02 Å². The van der Waals surface area contributed by atoms with Gasteiger partial charge in [0.2, 0.25) is 0 Å². The van der Waals surface area contributed by atoms with Crippen molar-refractivity contribution in [2.75, 3.05) is 5.73 Å². The zero-order chi connectivity index (χ0) is 20.6. The highest BCUT2D eigenvalue weighted by atomic mass is 35.5. The maximum absolute atomic E-state index is 14.0. The Bertz CT molecular complexity index is 1010. The summed E-state index contributed by atoms with van der Waals surface area (Å²) in [6.45, 7) is 5.47. The Hall–Kier alpha value is -2.74. The quantitative estimate of drug-likeness (QED) is 0.605. The van der Waals surface area contributed by atoms with Crippen molar-refractivity contribution >= 4 is 17.3 Å². The molecule has 1 aromatic heterocycles. The van der Waals surface area contributed by atoms with Gasteiger partial charge in [-0.3, -0.25) is 0 Å². The first-order valence-corrected chi connectivity index (χ1v) is 8.84. The van der Waals surface area contributed by atoms with Gasteiger partial charge in [-0.2, -0.15) is 0 Å². The third kappa shape index (κ3) is 3.64. The van der Waals surface area contributed by atoms with Crippen LogP contribution in [0.25, 0.3) is 11.4 Å². The average Bonchev–Trinajstić information content (AvgIpc) is 3.03. The third-order valence-electron chi connectivity index (χ3n) is 4.16. The molecule has 0 saturated carbocycles. The number of nitrogens with zero attached hydrogens (tertiary/aromatic N) is 3. The number of hydrogen-bond acceptors (Lipinski definition) is 4. The van der Waals surface area contributed by atoms with E-state index in [1.807, 2.05) is 6.92 Å². The van der Waals surface area contributed by atoms with E-state index >= 15 is 0 Å². The highest BCUT2D eigenvalue weighted by molar-refractivity contribution is 6.33. The van der Waals surface area contributed by atoms with Gasteiger partial charge in [-0.15, -0.1) is 10.2 Å². The number of rotatable bonds is 5. The Morgan fingerprint density at radius 1 is 1.11 bits per heavy atom. The molecule has 1 heterocycles. The lowest BCUT2D eigenvalue weighted by atomic mass is 10.1. The largest absolute Gasteiger partial charge is 0.474 e. The van der Waals surface area contributed by atoms with E-state index < -0.39 is 28.8 Å². The monoisotopic (exact) mass is 410 g/mol. The predicted octanol–water partition coefficient (Wildman–Crippen LogP) is 4.93.